The third kappa shape index (κ3) is 3.99. The molecule has 0 saturated heterocycles. The molecule has 0 fully saturated rings. The predicted octanol–water partition coefficient (Wildman–Crippen LogP) is 2.76. The number of hydrogen-bond donors (Lipinski definition) is 2. The van der Waals surface area contributed by atoms with Gasteiger partial charge in [0.05, 0.1) is 6.54 Å². The number of aryl methyl sites for hydroxylation is 3. The SMILES string of the molecule is Cc1cc(C)c(C(CN)NCC(F)(F)F)cc1C. The van der Waals surface area contributed by atoms with E-state index in [0.717, 1.165) is 22.3 Å². The van der Waals surface area contributed by atoms with Crippen LogP contribution in [0.3, 0.4) is 0 Å². The maximum atomic E-state index is 12.2. The zero-order valence-corrected chi connectivity index (χ0v) is 10.9. The van der Waals surface area contributed by atoms with Gasteiger partial charge in [-0.05, 0) is 43.0 Å². The topological polar surface area (TPSA) is 38.0 Å². The van der Waals surface area contributed by atoms with E-state index < -0.39 is 18.8 Å². The Morgan fingerprint density at radius 1 is 1.11 bits per heavy atom. The van der Waals surface area contributed by atoms with Crippen molar-refractivity contribution in [2.24, 2.45) is 5.73 Å². The van der Waals surface area contributed by atoms with Crippen LogP contribution < -0.4 is 11.1 Å². The van der Waals surface area contributed by atoms with Gasteiger partial charge in [0.15, 0.2) is 0 Å². The highest BCUT2D eigenvalue weighted by molar-refractivity contribution is 5.38. The summed E-state index contributed by atoms with van der Waals surface area (Å²) < 4.78 is 36.6. The third-order valence-corrected chi connectivity index (χ3v) is 3.04. The number of halogens is 3. The first kappa shape index (κ1) is 15.0. The zero-order chi connectivity index (χ0) is 13.9. The lowest BCUT2D eigenvalue weighted by Gasteiger charge is -2.21. The molecule has 102 valence electrons. The Kier molecular flexibility index (Phi) is 4.76. The molecule has 1 aromatic carbocycles. The van der Waals surface area contributed by atoms with Crippen LogP contribution in [-0.4, -0.2) is 19.3 Å². The van der Waals surface area contributed by atoms with E-state index in [1.807, 2.05) is 32.9 Å². The molecule has 0 radical (unpaired) electrons. The van der Waals surface area contributed by atoms with Crippen LogP contribution in [0.2, 0.25) is 0 Å². The molecular weight excluding hydrogens is 241 g/mol. The molecule has 3 N–H and O–H groups in total. The van der Waals surface area contributed by atoms with Gasteiger partial charge >= 0.3 is 6.18 Å². The Bertz CT molecular complexity index is 413. The minimum atomic E-state index is -4.22. The van der Waals surface area contributed by atoms with Gasteiger partial charge in [0.1, 0.15) is 0 Å². The van der Waals surface area contributed by atoms with Crippen molar-refractivity contribution in [2.45, 2.75) is 33.0 Å². The van der Waals surface area contributed by atoms with Crippen molar-refractivity contribution in [1.29, 1.82) is 0 Å². The first-order valence-electron chi connectivity index (χ1n) is 5.82. The fourth-order valence-corrected chi connectivity index (χ4v) is 1.92. The molecule has 0 bridgehead atoms. The lowest BCUT2D eigenvalue weighted by molar-refractivity contribution is -0.126. The van der Waals surface area contributed by atoms with E-state index in [2.05, 4.69) is 5.32 Å². The molecule has 0 aromatic heterocycles. The molecule has 1 aromatic rings. The number of benzene rings is 1. The number of alkyl halides is 3. The highest BCUT2D eigenvalue weighted by Gasteiger charge is 2.28. The molecule has 1 atom stereocenters. The number of rotatable bonds is 4. The predicted molar refractivity (Wildman–Crippen MR) is 66.5 cm³/mol. The van der Waals surface area contributed by atoms with Crippen molar-refractivity contribution in [1.82, 2.24) is 5.32 Å². The lowest BCUT2D eigenvalue weighted by Crippen LogP contribution is -2.36. The first-order valence-corrected chi connectivity index (χ1v) is 5.82. The number of nitrogens with two attached hydrogens (primary N) is 1. The van der Waals surface area contributed by atoms with Gasteiger partial charge in [-0.2, -0.15) is 13.2 Å². The second-order valence-corrected chi connectivity index (χ2v) is 4.58. The van der Waals surface area contributed by atoms with Crippen LogP contribution in [0.25, 0.3) is 0 Å². The van der Waals surface area contributed by atoms with Gasteiger partial charge in [-0.3, -0.25) is 0 Å². The molecule has 18 heavy (non-hydrogen) atoms. The summed E-state index contributed by atoms with van der Waals surface area (Å²) >= 11 is 0. The summed E-state index contributed by atoms with van der Waals surface area (Å²) in [5, 5.41) is 2.46. The second kappa shape index (κ2) is 5.71. The van der Waals surface area contributed by atoms with E-state index in [1.54, 1.807) is 0 Å². The molecule has 1 rings (SSSR count). The maximum absolute atomic E-state index is 12.2. The minimum absolute atomic E-state index is 0.138. The van der Waals surface area contributed by atoms with Crippen molar-refractivity contribution in [2.75, 3.05) is 13.1 Å². The number of hydrogen-bond acceptors (Lipinski definition) is 2. The van der Waals surface area contributed by atoms with Crippen LogP contribution in [0, 0.1) is 20.8 Å². The summed E-state index contributed by atoms with van der Waals surface area (Å²) in [6.07, 6.45) is -4.22. The average molecular weight is 260 g/mol. The zero-order valence-electron chi connectivity index (χ0n) is 10.9. The fraction of sp³-hybridized carbons (Fsp3) is 0.538. The largest absolute Gasteiger partial charge is 0.401 e. The fourth-order valence-electron chi connectivity index (χ4n) is 1.92. The molecule has 0 aliphatic rings. The van der Waals surface area contributed by atoms with Gasteiger partial charge in [-0.15, -0.1) is 0 Å². The Morgan fingerprint density at radius 2 is 1.67 bits per heavy atom. The maximum Gasteiger partial charge on any atom is 0.401 e. The molecule has 0 spiro atoms. The van der Waals surface area contributed by atoms with Gasteiger partial charge in [-0.1, -0.05) is 12.1 Å². The lowest BCUT2D eigenvalue weighted by atomic mass is 9.96. The van der Waals surface area contributed by atoms with Crippen molar-refractivity contribution < 1.29 is 13.2 Å². The van der Waals surface area contributed by atoms with Crippen LogP contribution in [-0.2, 0) is 0 Å². The summed E-state index contributed by atoms with van der Waals surface area (Å²) in [5.41, 5.74) is 9.55. The highest BCUT2D eigenvalue weighted by atomic mass is 19.4. The Hall–Kier alpha value is -1.07. The van der Waals surface area contributed by atoms with Gasteiger partial charge in [0.25, 0.3) is 0 Å². The van der Waals surface area contributed by atoms with Crippen molar-refractivity contribution in [3.63, 3.8) is 0 Å². The molecule has 0 heterocycles. The normalized spacial score (nSPS) is 13.7. The monoisotopic (exact) mass is 260 g/mol. The highest BCUT2D eigenvalue weighted by Crippen LogP contribution is 2.22. The summed E-state index contributed by atoms with van der Waals surface area (Å²) in [6, 6.07) is 3.42. The standard InChI is InChI=1S/C13H19F3N2/c1-8-4-10(3)11(5-9(8)2)12(6-17)18-7-13(14,15)16/h4-5,12,18H,6-7,17H2,1-3H3. The summed E-state index contributed by atoms with van der Waals surface area (Å²) in [6.45, 7) is 4.92. The average Bonchev–Trinajstić information content (AvgIpc) is 2.24. The number of nitrogens with one attached hydrogen (secondary N) is 1. The quantitative estimate of drug-likeness (QED) is 0.873. The molecular formula is C13H19F3N2. The van der Waals surface area contributed by atoms with Crippen molar-refractivity contribution in [3.05, 3.63) is 34.4 Å². The van der Waals surface area contributed by atoms with Crippen LogP contribution >= 0.6 is 0 Å². The Labute approximate surface area is 105 Å². The second-order valence-electron chi connectivity index (χ2n) is 4.58. The minimum Gasteiger partial charge on any atom is -0.329 e. The van der Waals surface area contributed by atoms with Gasteiger partial charge in [0, 0.05) is 12.6 Å². The first-order chi connectivity index (χ1) is 8.24. The third-order valence-electron chi connectivity index (χ3n) is 3.04. The van der Waals surface area contributed by atoms with E-state index in [4.69, 9.17) is 5.73 Å². The van der Waals surface area contributed by atoms with Crippen LogP contribution in [0.15, 0.2) is 12.1 Å². The molecule has 0 aliphatic carbocycles. The summed E-state index contributed by atoms with van der Waals surface area (Å²) in [4.78, 5) is 0. The van der Waals surface area contributed by atoms with Crippen LogP contribution in [0.1, 0.15) is 28.3 Å². The smallest absolute Gasteiger partial charge is 0.329 e. The van der Waals surface area contributed by atoms with Crippen LogP contribution in [0.4, 0.5) is 13.2 Å². The van der Waals surface area contributed by atoms with E-state index in [0.29, 0.717) is 0 Å². The molecule has 1 unspecified atom stereocenters. The molecule has 0 amide bonds. The van der Waals surface area contributed by atoms with Crippen molar-refractivity contribution >= 4 is 0 Å². The Morgan fingerprint density at radius 3 is 2.17 bits per heavy atom. The molecule has 2 nitrogen and oxygen atoms in total. The van der Waals surface area contributed by atoms with E-state index >= 15 is 0 Å². The van der Waals surface area contributed by atoms with E-state index in [1.165, 1.54) is 0 Å². The molecule has 0 saturated carbocycles. The molecule has 0 aliphatic heterocycles. The van der Waals surface area contributed by atoms with E-state index in [9.17, 15) is 13.2 Å². The molecule has 5 heteroatoms. The van der Waals surface area contributed by atoms with Gasteiger partial charge in [0.2, 0.25) is 0 Å². The summed E-state index contributed by atoms with van der Waals surface area (Å²) in [7, 11) is 0. The van der Waals surface area contributed by atoms with Gasteiger partial charge < -0.3 is 11.1 Å². The Balaban J connectivity index is 2.92. The van der Waals surface area contributed by atoms with E-state index in [-0.39, 0.29) is 6.54 Å². The van der Waals surface area contributed by atoms with Crippen molar-refractivity contribution in [3.8, 4) is 0 Å². The van der Waals surface area contributed by atoms with Gasteiger partial charge in [-0.25, -0.2) is 0 Å². The summed E-state index contributed by atoms with van der Waals surface area (Å²) in [5.74, 6) is 0. The van der Waals surface area contributed by atoms with Crippen LogP contribution in [0.5, 0.6) is 0 Å².